The minimum Gasteiger partial charge on any atom is -0.345 e. The molecule has 2 heterocycles. The maximum atomic E-state index is 12.5. The molecule has 0 radical (unpaired) electrons. The normalized spacial score (nSPS) is 14.7. The number of piperazine rings is 1. The van der Waals surface area contributed by atoms with Crippen molar-refractivity contribution in [2.75, 3.05) is 31.1 Å². The van der Waals surface area contributed by atoms with Gasteiger partial charge in [0, 0.05) is 44.4 Å². The molecule has 0 N–H and O–H groups in total. The number of carbonyl (C=O) groups excluding carboxylic acids is 1. The first kappa shape index (κ1) is 19.1. The largest absolute Gasteiger partial charge is 0.345 e. The summed E-state index contributed by atoms with van der Waals surface area (Å²) in [5.74, 6) is -0.0526. The molecule has 1 aliphatic rings. The lowest BCUT2D eigenvalue weighted by atomic mass is 10.2. The Labute approximate surface area is 172 Å². The van der Waals surface area contributed by atoms with Crippen LogP contribution in [-0.4, -0.2) is 46.9 Å². The Bertz CT molecular complexity index is 1080. The molecule has 0 saturated carbocycles. The van der Waals surface area contributed by atoms with E-state index in [0.29, 0.717) is 13.1 Å². The quantitative estimate of drug-likeness (QED) is 0.372. The van der Waals surface area contributed by atoms with Crippen molar-refractivity contribution in [1.82, 2.24) is 9.88 Å². The number of nitrogens with zero attached hydrogens (tertiary/aromatic N) is 4. The van der Waals surface area contributed by atoms with E-state index in [1.165, 1.54) is 28.5 Å². The maximum Gasteiger partial charge on any atom is 0.269 e. The molecule has 1 amide bonds. The van der Waals surface area contributed by atoms with Crippen LogP contribution in [-0.2, 0) is 4.79 Å². The highest BCUT2D eigenvalue weighted by Crippen LogP contribution is 2.31. The van der Waals surface area contributed by atoms with E-state index in [2.05, 4.69) is 24.0 Å². The summed E-state index contributed by atoms with van der Waals surface area (Å²) in [6.45, 7) is 4.84. The van der Waals surface area contributed by atoms with Crippen LogP contribution < -0.4 is 4.90 Å². The van der Waals surface area contributed by atoms with Crippen LogP contribution in [0, 0.1) is 17.0 Å². The third-order valence-electron chi connectivity index (χ3n) is 4.99. The standard InChI is InChI=1S/C21H20N4O3S/c1-15-3-2-4-18-20(15)22-21(29-18)24-13-11-23(12-14-24)19(26)10-7-16-5-8-17(9-6-16)25(27)28/h2-10H,11-14H2,1H3/b10-7-. The fourth-order valence-corrected chi connectivity index (χ4v) is 4.40. The number of hydrogen-bond donors (Lipinski definition) is 0. The lowest BCUT2D eigenvalue weighted by Gasteiger charge is -2.34. The number of amides is 1. The van der Waals surface area contributed by atoms with Crippen LogP contribution in [0.15, 0.2) is 48.5 Å². The van der Waals surface area contributed by atoms with Crippen molar-refractivity contribution in [3.05, 3.63) is 69.8 Å². The predicted octanol–water partition coefficient (Wildman–Crippen LogP) is 3.87. The minimum atomic E-state index is -0.440. The lowest BCUT2D eigenvalue weighted by molar-refractivity contribution is -0.384. The van der Waals surface area contributed by atoms with Gasteiger partial charge in [0.1, 0.15) is 0 Å². The van der Waals surface area contributed by atoms with Gasteiger partial charge >= 0.3 is 0 Å². The van der Waals surface area contributed by atoms with Crippen molar-refractivity contribution in [3.63, 3.8) is 0 Å². The Morgan fingerprint density at radius 1 is 1.14 bits per heavy atom. The van der Waals surface area contributed by atoms with E-state index in [1.54, 1.807) is 29.5 Å². The van der Waals surface area contributed by atoms with Gasteiger partial charge in [-0.1, -0.05) is 23.5 Å². The molecule has 1 aliphatic heterocycles. The Morgan fingerprint density at radius 3 is 2.52 bits per heavy atom. The average Bonchev–Trinajstić information content (AvgIpc) is 3.18. The summed E-state index contributed by atoms with van der Waals surface area (Å²) in [7, 11) is 0. The molecule has 0 bridgehead atoms. The van der Waals surface area contributed by atoms with Gasteiger partial charge in [-0.3, -0.25) is 14.9 Å². The molecule has 29 heavy (non-hydrogen) atoms. The maximum absolute atomic E-state index is 12.5. The molecule has 1 aromatic heterocycles. The number of non-ortho nitro benzene ring substituents is 1. The number of fused-ring (bicyclic) bond motifs is 1. The van der Waals surface area contributed by atoms with Gasteiger partial charge in [-0.15, -0.1) is 0 Å². The van der Waals surface area contributed by atoms with Crippen molar-refractivity contribution >= 4 is 44.4 Å². The van der Waals surface area contributed by atoms with Gasteiger partial charge in [0.15, 0.2) is 5.13 Å². The zero-order valence-electron chi connectivity index (χ0n) is 15.9. The van der Waals surface area contributed by atoms with Crippen LogP contribution in [0.2, 0.25) is 0 Å². The fraction of sp³-hybridized carbons (Fsp3) is 0.238. The zero-order valence-corrected chi connectivity index (χ0v) is 16.8. The monoisotopic (exact) mass is 408 g/mol. The number of thiazole rings is 1. The van der Waals surface area contributed by atoms with Crippen LogP contribution in [0.25, 0.3) is 16.3 Å². The molecule has 0 unspecified atom stereocenters. The van der Waals surface area contributed by atoms with E-state index in [0.717, 1.165) is 29.3 Å². The van der Waals surface area contributed by atoms with E-state index >= 15 is 0 Å². The number of benzene rings is 2. The average molecular weight is 408 g/mol. The highest BCUT2D eigenvalue weighted by molar-refractivity contribution is 7.22. The summed E-state index contributed by atoms with van der Waals surface area (Å²) >= 11 is 1.69. The first-order chi connectivity index (χ1) is 14.0. The molecule has 0 aliphatic carbocycles. The SMILES string of the molecule is Cc1cccc2sc(N3CCN(C(=O)/C=C\c4ccc([N+](=O)[O-])cc4)CC3)nc12. The second kappa shape index (κ2) is 8.00. The first-order valence-corrected chi connectivity index (χ1v) is 10.2. The van der Waals surface area contributed by atoms with Gasteiger partial charge in [-0.2, -0.15) is 0 Å². The van der Waals surface area contributed by atoms with E-state index in [9.17, 15) is 14.9 Å². The van der Waals surface area contributed by atoms with Crippen molar-refractivity contribution in [2.45, 2.75) is 6.92 Å². The molecule has 7 nitrogen and oxygen atoms in total. The molecule has 8 heteroatoms. The van der Waals surface area contributed by atoms with E-state index in [1.807, 2.05) is 11.0 Å². The molecular formula is C21H20N4O3S. The number of anilines is 1. The van der Waals surface area contributed by atoms with Crippen molar-refractivity contribution in [3.8, 4) is 0 Å². The summed E-state index contributed by atoms with van der Waals surface area (Å²) in [6, 6.07) is 12.3. The summed E-state index contributed by atoms with van der Waals surface area (Å²) in [6.07, 6.45) is 3.21. The summed E-state index contributed by atoms with van der Waals surface area (Å²) in [5.41, 5.74) is 3.02. The number of hydrogen-bond acceptors (Lipinski definition) is 6. The highest BCUT2D eigenvalue weighted by atomic mass is 32.1. The Morgan fingerprint density at radius 2 is 1.86 bits per heavy atom. The van der Waals surface area contributed by atoms with Crippen LogP contribution in [0.5, 0.6) is 0 Å². The third kappa shape index (κ3) is 4.12. The van der Waals surface area contributed by atoms with E-state index < -0.39 is 4.92 Å². The molecule has 0 atom stereocenters. The van der Waals surface area contributed by atoms with E-state index in [-0.39, 0.29) is 11.6 Å². The van der Waals surface area contributed by atoms with Gasteiger partial charge in [-0.25, -0.2) is 4.98 Å². The predicted molar refractivity (Wildman–Crippen MR) is 115 cm³/mol. The first-order valence-electron chi connectivity index (χ1n) is 9.34. The molecule has 148 valence electrons. The number of aromatic nitrogens is 1. The minimum absolute atomic E-state index is 0.0367. The highest BCUT2D eigenvalue weighted by Gasteiger charge is 2.22. The second-order valence-electron chi connectivity index (χ2n) is 6.91. The van der Waals surface area contributed by atoms with Crippen LogP contribution in [0.3, 0.4) is 0 Å². The number of nitro groups is 1. The smallest absolute Gasteiger partial charge is 0.269 e. The Hall–Kier alpha value is -3.26. The number of aryl methyl sites for hydroxylation is 1. The molecule has 0 spiro atoms. The van der Waals surface area contributed by atoms with Crippen LogP contribution in [0.4, 0.5) is 10.8 Å². The zero-order chi connectivity index (χ0) is 20.4. The number of nitro benzene ring substituents is 1. The van der Waals surface area contributed by atoms with Crippen molar-refractivity contribution in [2.24, 2.45) is 0 Å². The van der Waals surface area contributed by atoms with Crippen molar-refractivity contribution in [1.29, 1.82) is 0 Å². The Balaban J connectivity index is 1.36. The van der Waals surface area contributed by atoms with Gasteiger partial charge in [0.2, 0.25) is 5.91 Å². The lowest BCUT2D eigenvalue weighted by Crippen LogP contribution is -2.48. The second-order valence-corrected chi connectivity index (χ2v) is 7.92. The van der Waals surface area contributed by atoms with Crippen LogP contribution in [0.1, 0.15) is 11.1 Å². The van der Waals surface area contributed by atoms with Crippen LogP contribution >= 0.6 is 11.3 Å². The fourth-order valence-electron chi connectivity index (χ4n) is 3.31. The number of carbonyl (C=O) groups is 1. The Kier molecular flexibility index (Phi) is 5.26. The number of rotatable bonds is 4. The van der Waals surface area contributed by atoms with E-state index in [4.69, 9.17) is 4.98 Å². The van der Waals surface area contributed by atoms with Gasteiger partial charge in [0.25, 0.3) is 5.69 Å². The van der Waals surface area contributed by atoms with Gasteiger partial charge in [0.05, 0.1) is 15.1 Å². The topological polar surface area (TPSA) is 79.6 Å². The van der Waals surface area contributed by atoms with Crippen molar-refractivity contribution < 1.29 is 9.72 Å². The molecule has 2 aromatic carbocycles. The number of para-hydroxylation sites is 1. The molecular weight excluding hydrogens is 388 g/mol. The molecule has 1 saturated heterocycles. The summed E-state index contributed by atoms with van der Waals surface area (Å²) < 4.78 is 1.18. The van der Waals surface area contributed by atoms with Gasteiger partial charge < -0.3 is 9.80 Å². The molecule has 3 aromatic rings. The third-order valence-corrected chi connectivity index (χ3v) is 6.07. The van der Waals surface area contributed by atoms with Gasteiger partial charge in [-0.05, 0) is 42.3 Å². The molecule has 4 rings (SSSR count). The summed E-state index contributed by atoms with van der Waals surface area (Å²) in [4.78, 5) is 31.6. The molecule has 1 fully saturated rings. The summed E-state index contributed by atoms with van der Waals surface area (Å²) in [5, 5.41) is 11.7.